The number of pyridine rings is 1. The van der Waals surface area contributed by atoms with E-state index in [1.54, 1.807) is 12.3 Å². The van der Waals surface area contributed by atoms with E-state index in [0.29, 0.717) is 5.82 Å². The molecule has 0 aliphatic rings. The lowest BCUT2D eigenvalue weighted by Gasteiger charge is -2.07. The smallest absolute Gasteiger partial charge is 0.308 e. The van der Waals surface area contributed by atoms with Gasteiger partial charge >= 0.3 is 6.03 Å². The summed E-state index contributed by atoms with van der Waals surface area (Å²) in [4.78, 5) is 15.8. The molecule has 1 heterocycles. The van der Waals surface area contributed by atoms with Crippen LogP contribution < -0.4 is 10.6 Å². The summed E-state index contributed by atoms with van der Waals surface area (Å²) in [7, 11) is 0. The number of hydrogen-bond acceptors (Lipinski definition) is 2. The molecule has 0 saturated heterocycles. The zero-order valence-electron chi connectivity index (χ0n) is 9.77. The van der Waals surface area contributed by atoms with Crippen LogP contribution in [0.25, 0.3) is 0 Å². The number of anilines is 2. The number of carbonyl (C=O) groups excluding carboxylic acids is 1. The number of nitrogens with zero attached hydrogens (tertiary/aromatic N) is 1. The van der Waals surface area contributed by atoms with Crippen molar-refractivity contribution >= 4 is 33.5 Å². The van der Waals surface area contributed by atoms with Crippen LogP contribution in [0.15, 0.2) is 47.1 Å². The number of carbonyl (C=O) groups is 1. The summed E-state index contributed by atoms with van der Waals surface area (Å²) in [6, 6.07) is 10.7. The largest absolute Gasteiger partial charge is 0.324 e. The summed E-state index contributed by atoms with van der Waals surface area (Å²) in [5.74, 6) is 0.523. The van der Waals surface area contributed by atoms with E-state index in [4.69, 9.17) is 0 Å². The number of amides is 2. The molecule has 2 amide bonds. The lowest BCUT2D eigenvalue weighted by Crippen LogP contribution is -2.19. The topological polar surface area (TPSA) is 54.0 Å². The van der Waals surface area contributed by atoms with Gasteiger partial charge < -0.3 is 5.32 Å². The Morgan fingerprint density at radius 1 is 1.11 bits per heavy atom. The zero-order valence-corrected chi connectivity index (χ0v) is 11.4. The summed E-state index contributed by atoms with van der Waals surface area (Å²) in [6.45, 7) is 1.94. The van der Waals surface area contributed by atoms with Gasteiger partial charge in [0.25, 0.3) is 0 Å². The quantitative estimate of drug-likeness (QED) is 0.886. The van der Waals surface area contributed by atoms with Gasteiger partial charge in [0.15, 0.2) is 0 Å². The van der Waals surface area contributed by atoms with Crippen LogP contribution in [0, 0.1) is 6.92 Å². The van der Waals surface area contributed by atoms with Crippen molar-refractivity contribution in [3.8, 4) is 0 Å². The molecule has 2 N–H and O–H groups in total. The second-order valence-electron chi connectivity index (χ2n) is 3.81. The fourth-order valence-electron chi connectivity index (χ4n) is 1.35. The highest BCUT2D eigenvalue weighted by atomic mass is 79.9. The first-order chi connectivity index (χ1) is 8.63. The van der Waals surface area contributed by atoms with E-state index in [1.165, 1.54) is 0 Å². The minimum absolute atomic E-state index is 0.311. The Hall–Kier alpha value is -1.88. The second-order valence-corrected chi connectivity index (χ2v) is 4.72. The highest BCUT2D eigenvalue weighted by molar-refractivity contribution is 9.10. The molecule has 1 aromatic heterocycles. The van der Waals surface area contributed by atoms with Crippen molar-refractivity contribution in [1.82, 2.24) is 4.98 Å². The van der Waals surface area contributed by atoms with Crippen molar-refractivity contribution in [3.05, 3.63) is 52.6 Å². The number of rotatable bonds is 2. The molecule has 0 aliphatic heterocycles. The van der Waals surface area contributed by atoms with Gasteiger partial charge in [-0.25, -0.2) is 9.78 Å². The monoisotopic (exact) mass is 305 g/mol. The molecule has 0 atom stereocenters. The van der Waals surface area contributed by atoms with E-state index in [2.05, 4.69) is 31.5 Å². The predicted molar refractivity (Wildman–Crippen MR) is 75.8 cm³/mol. The van der Waals surface area contributed by atoms with Crippen molar-refractivity contribution in [2.24, 2.45) is 0 Å². The normalized spacial score (nSPS) is 9.89. The van der Waals surface area contributed by atoms with Gasteiger partial charge in [0.05, 0.1) is 0 Å². The highest BCUT2D eigenvalue weighted by Crippen LogP contribution is 2.14. The molecule has 2 aromatic rings. The number of aryl methyl sites for hydroxylation is 1. The molecule has 18 heavy (non-hydrogen) atoms. The van der Waals surface area contributed by atoms with E-state index in [-0.39, 0.29) is 6.03 Å². The first-order valence-electron chi connectivity index (χ1n) is 5.40. The molecule has 5 heteroatoms. The summed E-state index contributed by atoms with van der Waals surface area (Å²) in [6.07, 6.45) is 1.70. The van der Waals surface area contributed by atoms with Gasteiger partial charge in [0.2, 0.25) is 0 Å². The van der Waals surface area contributed by atoms with Crippen molar-refractivity contribution in [2.75, 3.05) is 10.6 Å². The van der Waals surface area contributed by atoms with Crippen molar-refractivity contribution in [2.45, 2.75) is 6.92 Å². The maximum Gasteiger partial charge on any atom is 0.324 e. The molecule has 0 bridgehead atoms. The standard InChI is InChI=1S/C13H12BrN3O/c1-9-2-7-12(15-8-9)17-13(18)16-11-5-3-10(14)4-6-11/h2-8H,1H3,(H2,15,16,17,18). The Labute approximate surface area is 114 Å². The second kappa shape index (κ2) is 5.64. The zero-order chi connectivity index (χ0) is 13.0. The van der Waals surface area contributed by atoms with Gasteiger partial charge in [-0.1, -0.05) is 22.0 Å². The first-order valence-corrected chi connectivity index (χ1v) is 6.19. The number of hydrogen-bond donors (Lipinski definition) is 2. The number of benzene rings is 1. The predicted octanol–water partition coefficient (Wildman–Crippen LogP) is 3.80. The lowest BCUT2D eigenvalue weighted by atomic mass is 10.3. The van der Waals surface area contributed by atoms with Crippen LogP contribution >= 0.6 is 15.9 Å². The Balaban J connectivity index is 1.96. The fraction of sp³-hybridized carbons (Fsp3) is 0.0769. The van der Waals surface area contributed by atoms with Crippen LogP contribution in [0.4, 0.5) is 16.3 Å². The average molecular weight is 306 g/mol. The van der Waals surface area contributed by atoms with Crippen LogP contribution in [0.3, 0.4) is 0 Å². The van der Waals surface area contributed by atoms with Crippen molar-refractivity contribution < 1.29 is 4.79 Å². The minimum Gasteiger partial charge on any atom is -0.308 e. The van der Waals surface area contributed by atoms with Crippen LogP contribution in [-0.4, -0.2) is 11.0 Å². The summed E-state index contributed by atoms with van der Waals surface area (Å²) >= 11 is 3.33. The molecule has 0 unspecified atom stereocenters. The van der Waals surface area contributed by atoms with E-state index in [1.807, 2.05) is 37.3 Å². The van der Waals surface area contributed by atoms with Crippen LogP contribution in [0.2, 0.25) is 0 Å². The summed E-state index contributed by atoms with van der Waals surface area (Å²) in [5.41, 5.74) is 1.77. The van der Waals surface area contributed by atoms with E-state index in [0.717, 1.165) is 15.7 Å². The van der Waals surface area contributed by atoms with Crippen molar-refractivity contribution in [3.63, 3.8) is 0 Å². The molecule has 0 spiro atoms. The molecule has 2 rings (SSSR count). The average Bonchev–Trinajstić information content (AvgIpc) is 2.35. The van der Waals surface area contributed by atoms with E-state index in [9.17, 15) is 4.79 Å². The van der Waals surface area contributed by atoms with E-state index < -0.39 is 0 Å². The Morgan fingerprint density at radius 3 is 2.44 bits per heavy atom. The van der Waals surface area contributed by atoms with Gasteiger partial charge in [-0.15, -0.1) is 0 Å². The first kappa shape index (κ1) is 12.6. The van der Waals surface area contributed by atoms with Gasteiger partial charge in [0.1, 0.15) is 5.82 Å². The molecule has 0 saturated carbocycles. The van der Waals surface area contributed by atoms with Gasteiger partial charge in [-0.05, 0) is 42.8 Å². The Kier molecular flexibility index (Phi) is 3.94. The van der Waals surface area contributed by atoms with Crippen LogP contribution in [-0.2, 0) is 0 Å². The molecular formula is C13H12BrN3O. The van der Waals surface area contributed by atoms with Gasteiger partial charge in [0, 0.05) is 16.4 Å². The van der Waals surface area contributed by atoms with Crippen molar-refractivity contribution in [1.29, 1.82) is 0 Å². The SMILES string of the molecule is Cc1ccc(NC(=O)Nc2ccc(Br)cc2)nc1. The molecule has 0 radical (unpaired) electrons. The fourth-order valence-corrected chi connectivity index (χ4v) is 1.62. The maximum absolute atomic E-state index is 11.7. The maximum atomic E-state index is 11.7. The third-order valence-electron chi connectivity index (χ3n) is 2.26. The number of nitrogens with one attached hydrogen (secondary N) is 2. The number of urea groups is 1. The van der Waals surface area contributed by atoms with Gasteiger partial charge in [-0.2, -0.15) is 0 Å². The molecule has 0 aliphatic carbocycles. The minimum atomic E-state index is -0.311. The third-order valence-corrected chi connectivity index (χ3v) is 2.78. The van der Waals surface area contributed by atoms with Gasteiger partial charge in [-0.3, -0.25) is 5.32 Å². The van der Waals surface area contributed by atoms with Crippen LogP contribution in [0.5, 0.6) is 0 Å². The number of halogens is 1. The highest BCUT2D eigenvalue weighted by Gasteiger charge is 2.02. The molecule has 92 valence electrons. The summed E-state index contributed by atoms with van der Waals surface area (Å²) < 4.78 is 0.966. The number of aromatic nitrogens is 1. The third kappa shape index (κ3) is 3.56. The summed E-state index contributed by atoms with van der Waals surface area (Å²) in [5, 5.41) is 5.38. The Morgan fingerprint density at radius 2 is 1.83 bits per heavy atom. The molecular weight excluding hydrogens is 294 g/mol. The van der Waals surface area contributed by atoms with E-state index >= 15 is 0 Å². The Bertz CT molecular complexity index is 488. The van der Waals surface area contributed by atoms with Crippen LogP contribution in [0.1, 0.15) is 5.56 Å². The molecule has 1 aromatic carbocycles. The molecule has 4 nitrogen and oxygen atoms in total. The molecule has 0 fully saturated rings. The lowest BCUT2D eigenvalue weighted by molar-refractivity contribution is 0.262.